The van der Waals surface area contributed by atoms with Crippen LogP contribution in [0.1, 0.15) is 10.4 Å². The van der Waals surface area contributed by atoms with Crippen molar-refractivity contribution in [2.24, 2.45) is 4.99 Å². The zero-order chi connectivity index (χ0) is 19.5. The molecule has 4 aromatic rings. The van der Waals surface area contributed by atoms with Gasteiger partial charge in [-0.3, -0.25) is 4.79 Å². The molecule has 1 aromatic heterocycles. The summed E-state index contributed by atoms with van der Waals surface area (Å²) in [5.74, 6) is 2.36. The fourth-order valence-electron chi connectivity index (χ4n) is 2.96. The van der Waals surface area contributed by atoms with Crippen LogP contribution in [0, 0.1) is 12.3 Å². The number of amides is 1. The molecule has 136 valence electrons. The largest absolute Gasteiger partial charge is 0.305 e. The van der Waals surface area contributed by atoms with Gasteiger partial charge in [0.15, 0.2) is 4.80 Å². The monoisotopic (exact) mass is 446 g/mol. The molecule has 0 aliphatic carbocycles. The van der Waals surface area contributed by atoms with Crippen molar-refractivity contribution in [3.8, 4) is 23.5 Å². The van der Waals surface area contributed by atoms with Crippen LogP contribution in [0.25, 0.3) is 21.3 Å². The molecule has 4 rings (SSSR count). The van der Waals surface area contributed by atoms with Crippen molar-refractivity contribution in [1.82, 2.24) is 4.57 Å². The Balaban J connectivity index is 1.72. The zero-order valence-corrected chi connectivity index (χ0v) is 17.2. The summed E-state index contributed by atoms with van der Waals surface area (Å²) in [5, 5.41) is 0. The van der Waals surface area contributed by atoms with E-state index in [1.165, 1.54) is 11.3 Å². The molecule has 28 heavy (non-hydrogen) atoms. The molecule has 1 amide bonds. The van der Waals surface area contributed by atoms with Gasteiger partial charge >= 0.3 is 0 Å². The quantitative estimate of drug-likeness (QED) is 0.382. The van der Waals surface area contributed by atoms with E-state index in [-0.39, 0.29) is 5.91 Å². The van der Waals surface area contributed by atoms with Crippen LogP contribution in [0.4, 0.5) is 0 Å². The molecule has 0 atom stereocenters. The molecule has 3 nitrogen and oxygen atoms in total. The summed E-state index contributed by atoms with van der Waals surface area (Å²) >= 11 is 4.93. The number of halogens is 1. The minimum Gasteiger partial charge on any atom is -0.305 e. The molecule has 0 fully saturated rings. The molecule has 0 N–H and O–H groups in total. The van der Waals surface area contributed by atoms with Gasteiger partial charge in [0.05, 0.1) is 16.8 Å². The van der Waals surface area contributed by atoms with Gasteiger partial charge in [0, 0.05) is 10.0 Å². The first-order chi connectivity index (χ1) is 13.7. The van der Waals surface area contributed by atoms with Crippen LogP contribution < -0.4 is 4.80 Å². The molecule has 0 spiro atoms. The fourth-order valence-corrected chi connectivity index (χ4v) is 4.54. The molecule has 0 aliphatic rings. The van der Waals surface area contributed by atoms with E-state index < -0.39 is 0 Å². The molecular formula is C23H15BrN2OS. The van der Waals surface area contributed by atoms with Gasteiger partial charge in [-0.1, -0.05) is 75.7 Å². The van der Waals surface area contributed by atoms with Crippen molar-refractivity contribution in [2.45, 2.75) is 6.54 Å². The molecule has 3 aromatic carbocycles. The average Bonchev–Trinajstić information content (AvgIpc) is 3.05. The second kappa shape index (κ2) is 7.97. The van der Waals surface area contributed by atoms with Gasteiger partial charge in [-0.2, -0.15) is 4.99 Å². The number of rotatable bonds is 3. The number of aromatic nitrogens is 1. The van der Waals surface area contributed by atoms with E-state index >= 15 is 0 Å². The second-order valence-corrected chi connectivity index (χ2v) is 8.07. The Morgan fingerprint density at radius 2 is 1.75 bits per heavy atom. The Morgan fingerprint density at radius 1 is 1.04 bits per heavy atom. The first-order valence-corrected chi connectivity index (χ1v) is 10.2. The van der Waals surface area contributed by atoms with Gasteiger partial charge in [0.25, 0.3) is 5.91 Å². The summed E-state index contributed by atoms with van der Waals surface area (Å²) in [6.45, 7) is 0.362. The standard InChI is InChI=1S/C23H15BrN2OS/c1-2-14-26-20-13-12-19(24)15-21(20)28-23(26)25-22(27)18-10-8-17(9-11-18)16-6-4-3-5-7-16/h1,3-13,15H,14H2. The molecule has 1 heterocycles. The SMILES string of the molecule is C#CCn1c(=NC(=O)c2ccc(-c3ccccc3)cc2)sc2cc(Br)ccc21. The van der Waals surface area contributed by atoms with Crippen molar-refractivity contribution in [1.29, 1.82) is 0 Å². The van der Waals surface area contributed by atoms with Gasteiger partial charge in [0.2, 0.25) is 0 Å². The lowest BCUT2D eigenvalue weighted by atomic mass is 10.0. The number of hydrogen-bond acceptors (Lipinski definition) is 2. The predicted molar refractivity (Wildman–Crippen MR) is 118 cm³/mol. The topological polar surface area (TPSA) is 34.4 Å². The minimum atomic E-state index is -0.281. The first-order valence-electron chi connectivity index (χ1n) is 8.62. The Hall–Kier alpha value is -2.94. The molecule has 0 bridgehead atoms. The number of fused-ring (bicyclic) bond motifs is 1. The van der Waals surface area contributed by atoms with Crippen LogP contribution in [0.3, 0.4) is 0 Å². The summed E-state index contributed by atoms with van der Waals surface area (Å²) in [4.78, 5) is 17.7. The lowest BCUT2D eigenvalue weighted by Crippen LogP contribution is -2.16. The van der Waals surface area contributed by atoms with E-state index in [2.05, 4.69) is 26.8 Å². The first kappa shape index (κ1) is 18.4. The molecule has 5 heteroatoms. The second-order valence-electron chi connectivity index (χ2n) is 6.15. The number of nitrogens with zero attached hydrogens (tertiary/aromatic N) is 2. The Labute approximate surface area is 175 Å². The number of hydrogen-bond donors (Lipinski definition) is 0. The van der Waals surface area contributed by atoms with Crippen molar-refractivity contribution in [3.05, 3.63) is 87.6 Å². The lowest BCUT2D eigenvalue weighted by Gasteiger charge is -2.02. The molecule has 0 radical (unpaired) electrons. The van der Waals surface area contributed by atoms with E-state index in [0.717, 1.165) is 25.8 Å². The van der Waals surface area contributed by atoms with Gasteiger partial charge in [-0.25, -0.2) is 0 Å². The summed E-state index contributed by atoms with van der Waals surface area (Å²) in [6.07, 6.45) is 5.52. The maximum Gasteiger partial charge on any atom is 0.279 e. The van der Waals surface area contributed by atoms with Crippen molar-refractivity contribution >= 4 is 43.4 Å². The van der Waals surface area contributed by atoms with E-state index in [1.807, 2.05) is 77.4 Å². The molecule has 0 saturated heterocycles. The predicted octanol–water partition coefficient (Wildman–Crippen LogP) is 5.51. The van der Waals surface area contributed by atoms with Crippen LogP contribution >= 0.6 is 27.3 Å². The third-order valence-electron chi connectivity index (χ3n) is 4.33. The summed E-state index contributed by atoms with van der Waals surface area (Å²) in [6, 6.07) is 23.5. The summed E-state index contributed by atoms with van der Waals surface area (Å²) in [7, 11) is 0. The Morgan fingerprint density at radius 3 is 2.46 bits per heavy atom. The number of terminal acetylenes is 1. The molecule has 0 unspecified atom stereocenters. The number of carbonyl (C=O) groups is 1. The van der Waals surface area contributed by atoms with E-state index in [9.17, 15) is 4.79 Å². The van der Waals surface area contributed by atoms with Crippen LogP contribution in [0.2, 0.25) is 0 Å². The van der Waals surface area contributed by atoms with Crippen LogP contribution in [0.5, 0.6) is 0 Å². The lowest BCUT2D eigenvalue weighted by molar-refractivity contribution is 0.0998. The van der Waals surface area contributed by atoms with Gasteiger partial charge < -0.3 is 4.57 Å². The molecule has 0 saturated carbocycles. The smallest absolute Gasteiger partial charge is 0.279 e. The number of carbonyl (C=O) groups excluding carboxylic acids is 1. The van der Waals surface area contributed by atoms with Crippen LogP contribution in [0.15, 0.2) is 82.3 Å². The third-order valence-corrected chi connectivity index (χ3v) is 5.86. The van der Waals surface area contributed by atoms with Gasteiger partial charge in [-0.05, 0) is 41.5 Å². The fraction of sp³-hybridized carbons (Fsp3) is 0.0435. The average molecular weight is 447 g/mol. The highest BCUT2D eigenvalue weighted by atomic mass is 79.9. The summed E-state index contributed by atoms with van der Waals surface area (Å²) in [5.41, 5.74) is 3.69. The Kier molecular flexibility index (Phi) is 5.25. The number of benzene rings is 3. The summed E-state index contributed by atoms with van der Waals surface area (Å²) < 4.78 is 3.89. The van der Waals surface area contributed by atoms with Crippen molar-refractivity contribution in [2.75, 3.05) is 0 Å². The minimum absolute atomic E-state index is 0.281. The third kappa shape index (κ3) is 3.70. The van der Waals surface area contributed by atoms with Crippen molar-refractivity contribution in [3.63, 3.8) is 0 Å². The molecule has 0 aliphatic heterocycles. The van der Waals surface area contributed by atoms with E-state index in [0.29, 0.717) is 16.9 Å². The highest BCUT2D eigenvalue weighted by molar-refractivity contribution is 9.10. The van der Waals surface area contributed by atoms with E-state index in [4.69, 9.17) is 6.42 Å². The van der Waals surface area contributed by atoms with Gasteiger partial charge in [-0.15, -0.1) is 6.42 Å². The number of thiazole rings is 1. The Bertz CT molecular complexity index is 1260. The van der Waals surface area contributed by atoms with Gasteiger partial charge in [0.1, 0.15) is 0 Å². The maximum absolute atomic E-state index is 12.7. The van der Waals surface area contributed by atoms with Crippen molar-refractivity contribution < 1.29 is 4.79 Å². The highest BCUT2D eigenvalue weighted by Crippen LogP contribution is 2.23. The normalized spacial score (nSPS) is 11.5. The van der Waals surface area contributed by atoms with Crippen LogP contribution in [-0.4, -0.2) is 10.5 Å². The highest BCUT2D eigenvalue weighted by Gasteiger charge is 2.09. The van der Waals surface area contributed by atoms with Crippen LogP contribution in [-0.2, 0) is 6.54 Å². The maximum atomic E-state index is 12.7. The molecular weight excluding hydrogens is 432 g/mol. The van der Waals surface area contributed by atoms with E-state index in [1.54, 1.807) is 0 Å². The zero-order valence-electron chi connectivity index (χ0n) is 14.8.